The molecule has 4 aromatic rings. The molecule has 11 nitrogen and oxygen atoms in total. The Bertz CT molecular complexity index is 1540. The largest absolute Gasteiger partial charge is 0.410 e. The van der Waals surface area contributed by atoms with Crippen molar-refractivity contribution in [2.45, 2.75) is 13.5 Å². The number of amides is 1. The number of para-hydroxylation sites is 1. The molecule has 0 unspecified atom stereocenters. The number of anilines is 3. The molecule has 3 heterocycles. The average Bonchev–Trinajstić information content (AvgIpc) is 3.32. The van der Waals surface area contributed by atoms with Crippen LogP contribution in [0.25, 0.3) is 22.2 Å². The molecule has 200 valence electrons. The van der Waals surface area contributed by atoms with Crippen molar-refractivity contribution < 1.29 is 14.6 Å². The molecule has 1 aliphatic rings. The first-order valence-electron chi connectivity index (χ1n) is 12.8. The molecule has 0 radical (unpaired) electrons. The lowest BCUT2D eigenvalue weighted by atomic mass is 10.1. The summed E-state index contributed by atoms with van der Waals surface area (Å²) in [5, 5.41) is 23.3. The van der Waals surface area contributed by atoms with Crippen LogP contribution in [0.5, 0.6) is 5.75 Å². The number of nitrogens with two attached hydrogens (primary N) is 1. The number of nitrogens with one attached hydrogen (secondary N) is 1. The third-order valence-electron chi connectivity index (χ3n) is 6.90. The van der Waals surface area contributed by atoms with E-state index < -0.39 is 6.09 Å². The fourth-order valence-electron chi connectivity index (χ4n) is 4.90. The number of fused-ring (bicyclic) bond motifs is 1. The monoisotopic (exact) mass is 526 g/mol. The first-order chi connectivity index (χ1) is 19.0. The summed E-state index contributed by atoms with van der Waals surface area (Å²) in [6.45, 7) is 7.20. The van der Waals surface area contributed by atoms with Crippen molar-refractivity contribution in [2.24, 2.45) is 5.73 Å². The van der Waals surface area contributed by atoms with Crippen molar-refractivity contribution in [3.05, 3.63) is 60.4 Å². The van der Waals surface area contributed by atoms with Crippen molar-refractivity contribution in [1.82, 2.24) is 19.4 Å². The van der Waals surface area contributed by atoms with Gasteiger partial charge in [-0.1, -0.05) is 25.1 Å². The number of hydrogen-bond acceptors (Lipinski definition) is 9. The zero-order valence-electron chi connectivity index (χ0n) is 21.7. The van der Waals surface area contributed by atoms with Gasteiger partial charge in [-0.3, -0.25) is 0 Å². The van der Waals surface area contributed by atoms with Crippen molar-refractivity contribution in [3.63, 3.8) is 0 Å². The predicted molar refractivity (Wildman–Crippen MR) is 149 cm³/mol. The quantitative estimate of drug-likeness (QED) is 0.315. The predicted octanol–water partition coefficient (Wildman–Crippen LogP) is 3.31. The van der Waals surface area contributed by atoms with E-state index in [0.717, 1.165) is 54.9 Å². The summed E-state index contributed by atoms with van der Waals surface area (Å²) >= 11 is 0. The first kappa shape index (κ1) is 26.0. The maximum Gasteiger partial charge on any atom is 0.410 e. The van der Waals surface area contributed by atoms with Crippen LogP contribution in [-0.4, -0.2) is 70.0 Å². The fourth-order valence-corrected chi connectivity index (χ4v) is 4.90. The summed E-state index contributed by atoms with van der Waals surface area (Å²) in [7, 11) is 0. The van der Waals surface area contributed by atoms with Crippen LogP contribution in [0.2, 0.25) is 0 Å². The average molecular weight is 527 g/mol. The van der Waals surface area contributed by atoms with E-state index in [9.17, 15) is 15.2 Å². The van der Waals surface area contributed by atoms with Crippen LogP contribution in [0.1, 0.15) is 12.5 Å². The van der Waals surface area contributed by atoms with Gasteiger partial charge < -0.3 is 35.3 Å². The Balaban J connectivity index is 1.49. The molecule has 0 saturated carbocycles. The third kappa shape index (κ3) is 5.47. The highest BCUT2D eigenvalue weighted by Crippen LogP contribution is 2.35. The van der Waals surface area contributed by atoms with E-state index in [-0.39, 0.29) is 18.3 Å². The van der Waals surface area contributed by atoms with Gasteiger partial charge in [0, 0.05) is 67.1 Å². The van der Waals surface area contributed by atoms with Crippen LogP contribution >= 0.6 is 0 Å². The van der Waals surface area contributed by atoms with Crippen LogP contribution in [0, 0.1) is 11.3 Å². The van der Waals surface area contributed by atoms with Crippen LogP contribution in [0.15, 0.2) is 54.9 Å². The van der Waals surface area contributed by atoms with E-state index in [1.54, 1.807) is 12.1 Å². The summed E-state index contributed by atoms with van der Waals surface area (Å²) in [4.78, 5) is 25.3. The molecule has 1 aliphatic heterocycles. The summed E-state index contributed by atoms with van der Waals surface area (Å²) < 4.78 is 7.27. The Morgan fingerprint density at radius 3 is 2.72 bits per heavy atom. The third-order valence-corrected chi connectivity index (χ3v) is 6.90. The van der Waals surface area contributed by atoms with E-state index in [1.807, 2.05) is 41.1 Å². The molecule has 2 aromatic carbocycles. The minimum absolute atomic E-state index is 0.0211. The molecule has 11 heteroatoms. The summed E-state index contributed by atoms with van der Waals surface area (Å²) in [6, 6.07) is 15.4. The molecule has 1 saturated heterocycles. The Morgan fingerprint density at radius 1 is 1.21 bits per heavy atom. The van der Waals surface area contributed by atoms with E-state index in [1.165, 1.54) is 6.20 Å². The van der Waals surface area contributed by atoms with E-state index >= 15 is 0 Å². The highest BCUT2D eigenvalue weighted by molar-refractivity contribution is 5.96. The van der Waals surface area contributed by atoms with Crippen molar-refractivity contribution >= 4 is 34.3 Å². The van der Waals surface area contributed by atoms with Gasteiger partial charge in [0.25, 0.3) is 0 Å². The number of likely N-dealkylation sites (N-methyl/N-ethyl adjacent to an activating group) is 1. The minimum atomic E-state index is -0.927. The van der Waals surface area contributed by atoms with Gasteiger partial charge in [0.2, 0.25) is 5.95 Å². The highest BCUT2D eigenvalue weighted by Gasteiger charge is 2.20. The Kier molecular flexibility index (Phi) is 7.58. The van der Waals surface area contributed by atoms with E-state index in [2.05, 4.69) is 38.1 Å². The molecule has 0 atom stereocenters. The SMILES string of the molecule is CCN1CCN(c2ccc(Nc3ncc(C#N)c(-c4cn(CCO)c5ccccc45)n3)c(OC(N)=O)c2)CC1. The number of aliphatic hydroxyl groups is 1. The lowest BCUT2D eigenvalue weighted by Gasteiger charge is -2.35. The number of aromatic nitrogens is 3. The van der Waals surface area contributed by atoms with Gasteiger partial charge in [0.1, 0.15) is 6.07 Å². The number of nitrogens with zero attached hydrogens (tertiary/aromatic N) is 6. The Hall–Kier alpha value is -4.66. The molecule has 4 N–H and O–H groups in total. The number of benzene rings is 2. The molecule has 0 spiro atoms. The zero-order valence-corrected chi connectivity index (χ0v) is 21.7. The highest BCUT2D eigenvalue weighted by atomic mass is 16.5. The molecular formula is C28H30N8O3. The molecule has 0 aliphatic carbocycles. The second-order valence-electron chi connectivity index (χ2n) is 9.19. The number of nitriles is 1. The molecular weight excluding hydrogens is 496 g/mol. The van der Waals surface area contributed by atoms with Crippen molar-refractivity contribution in [3.8, 4) is 23.1 Å². The number of primary amides is 1. The molecule has 0 bridgehead atoms. The standard InChI is InChI=1S/C28H30N8O3/c1-2-34-9-11-35(12-10-34)20-7-8-23(25(15-20)39-27(30)38)32-28-31-17-19(16-29)26(33-28)22-18-36(13-14-37)24-6-4-3-5-21(22)24/h3-8,15,17-18,37H,2,9-14H2,1H3,(H2,30,38)(H,31,32,33). The number of rotatable bonds is 8. The zero-order chi connectivity index (χ0) is 27.4. The minimum Gasteiger partial charge on any atom is -0.408 e. The lowest BCUT2D eigenvalue weighted by molar-refractivity contribution is 0.211. The van der Waals surface area contributed by atoms with Gasteiger partial charge in [0.15, 0.2) is 5.75 Å². The molecule has 39 heavy (non-hydrogen) atoms. The topological polar surface area (TPSA) is 146 Å². The summed E-state index contributed by atoms with van der Waals surface area (Å²) in [5.74, 6) is 0.480. The Labute approximate surface area is 226 Å². The van der Waals surface area contributed by atoms with Gasteiger partial charge >= 0.3 is 6.09 Å². The molecule has 1 amide bonds. The van der Waals surface area contributed by atoms with Gasteiger partial charge in [-0.05, 0) is 24.7 Å². The van der Waals surface area contributed by atoms with E-state index in [4.69, 9.17) is 10.5 Å². The van der Waals surface area contributed by atoms with Crippen LogP contribution in [0.4, 0.5) is 22.1 Å². The number of hydrogen-bond donors (Lipinski definition) is 3. The summed E-state index contributed by atoms with van der Waals surface area (Å²) in [5.41, 5.74) is 9.18. The van der Waals surface area contributed by atoms with Gasteiger partial charge in [-0.2, -0.15) is 5.26 Å². The maximum atomic E-state index is 11.7. The Morgan fingerprint density at radius 2 is 2.00 bits per heavy atom. The first-order valence-corrected chi connectivity index (χ1v) is 12.8. The lowest BCUT2D eigenvalue weighted by Crippen LogP contribution is -2.46. The number of piperazine rings is 1. The molecule has 5 rings (SSSR count). The van der Waals surface area contributed by atoms with Crippen molar-refractivity contribution in [2.75, 3.05) is 49.5 Å². The molecule has 2 aromatic heterocycles. The van der Waals surface area contributed by atoms with Gasteiger partial charge in [-0.15, -0.1) is 0 Å². The number of carbonyl (C=O) groups is 1. The maximum absolute atomic E-state index is 11.7. The smallest absolute Gasteiger partial charge is 0.408 e. The number of ether oxygens (including phenoxy) is 1. The van der Waals surface area contributed by atoms with Gasteiger partial charge in [0.05, 0.1) is 29.7 Å². The fraction of sp³-hybridized carbons (Fsp3) is 0.286. The number of aliphatic hydroxyl groups excluding tert-OH is 1. The second kappa shape index (κ2) is 11.4. The van der Waals surface area contributed by atoms with Crippen LogP contribution in [0.3, 0.4) is 0 Å². The van der Waals surface area contributed by atoms with Crippen molar-refractivity contribution in [1.29, 1.82) is 5.26 Å². The van der Waals surface area contributed by atoms with Crippen LogP contribution < -0.4 is 20.7 Å². The normalized spacial score (nSPS) is 13.8. The van der Waals surface area contributed by atoms with Crippen LogP contribution in [-0.2, 0) is 6.54 Å². The summed E-state index contributed by atoms with van der Waals surface area (Å²) in [6.07, 6.45) is 2.41. The molecule has 1 fully saturated rings. The van der Waals surface area contributed by atoms with Gasteiger partial charge in [-0.25, -0.2) is 14.8 Å². The van der Waals surface area contributed by atoms with E-state index in [0.29, 0.717) is 23.5 Å². The second-order valence-corrected chi connectivity index (χ2v) is 9.19. The number of carbonyl (C=O) groups excluding carboxylic acids is 1.